The summed E-state index contributed by atoms with van der Waals surface area (Å²) in [7, 11) is 0. The highest BCUT2D eigenvalue weighted by atomic mass is 35.5. The molecule has 2 heterocycles. The molecule has 0 spiro atoms. The van der Waals surface area contributed by atoms with Crippen LogP contribution in [0.3, 0.4) is 0 Å². The lowest BCUT2D eigenvalue weighted by molar-refractivity contribution is 0.170. The van der Waals surface area contributed by atoms with Gasteiger partial charge in [0, 0.05) is 50.3 Å². The van der Waals surface area contributed by atoms with Gasteiger partial charge in [0.15, 0.2) is 0 Å². The number of halogens is 1. The zero-order chi connectivity index (χ0) is 14.7. The van der Waals surface area contributed by atoms with Crippen LogP contribution in [0.25, 0.3) is 0 Å². The van der Waals surface area contributed by atoms with Gasteiger partial charge in [0.1, 0.15) is 0 Å². The first-order chi connectivity index (χ1) is 10.2. The van der Waals surface area contributed by atoms with Crippen molar-refractivity contribution in [3.63, 3.8) is 0 Å². The lowest BCUT2D eigenvalue weighted by Gasteiger charge is -2.33. The van der Waals surface area contributed by atoms with E-state index in [1.54, 1.807) is 0 Å². The van der Waals surface area contributed by atoms with Crippen molar-refractivity contribution in [2.45, 2.75) is 25.3 Å². The first-order valence-electron chi connectivity index (χ1n) is 8.15. The van der Waals surface area contributed by atoms with E-state index in [2.05, 4.69) is 40.2 Å². The highest BCUT2D eigenvalue weighted by molar-refractivity contribution is 6.30. The number of nitrogens with one attached hydrogen (secondary N) is 1. The Labute approximate surface area is 133 Å². The van der Waals surface area contributed by atoms with E-state index in [-0.39, 0.29) is 0 Å². The number of hydrogen-bond acceptors (Lipinski definition) is 3. The number of likely N-dealkylation sites (tertiary alicyclic amines) is 1. The Morgan fingerprint density at radius 2 is 2.10 bits per heavy atom. The van der Waals surface area contributed by atoms with Crippen molar-refractivity contribution in [2.24, 2.45) is 0 Å². The normalized spacial score (nSPS) is 26.1. The van der Waals surface area contributed by atoms with E-state index in [9.17, 15) is 0 Å². The van der Waals surface area contributed by atoms with E-state index in [0.717, 1.165) is 30.7 Å². The molecular formula is C17H26ClN3. The van der Waals surface area contributed by atoms with Gasteiger partial charge in [0.05, 0.1) is 0 Å². The van der Waals surface area contributed by atoms with Crippen molar-refractivity contribution in [1.29, 1.82) is 0 Å². The van der Waals surface area contributed by atoms with E-state index in [4.69, 9.17) is 11.6 Å². The van der Waals surface area contributed by atoms with Gasteiger partial charge in [0.25, 0.3) is 0 Å². The summed E-state index contributed by atoms with van der Waals surface area (Å²) in [6.45, 7) is 10.6. The summed E-state index contributed by atoms with van der Waals surface area (Å²) in [5, 5.41) is 4.29. The van der Waals surface area contributed by atoms with E-state index < -0.39 is 0 Å². The molecule has 2 saturated heterocycles. The molecule has 1 aromatic carbocycles. The summed E-state index contributed by atoms with van der Waals surface area (Å²) in [5.74, 6) is 0.547. The van der Waals surface area contributed by atoms with Gasteiger partial charge in [0.2, 0.25) is 0 Å². The molecule has 1 N–H and O–H groups in total. The van der Waals surface area contributed by atoms with Gasteiger partial charge in [-0.15, -0.1) is 0 Å². The molecule has 0 aliphatic carbocycles. The first kappa shape index (κ1) is 15.3. The zero-order valence-electron chi connectivity index (χ0n) is 12.9. The van der Waals surface area contributed by atoms with Crippen molar-refractivity contribution < 1.29 is 0 Å². The average Bonchev–Trinajstić information content (AvgIpc) is 2.97. The largest absolute Gasteiger partial charge is 0.314 e. The first-order valence-corrected chi connectivity index (χ1v) is 8.53. The number of benzene rings is 1. The fourth-order valence-corrected chi connectivity index (χ4v) is 3.83. The molecule has 3 nitrogen and oxygen atoms in total. The van der Waals surface area contributed by atoms with Gasteiger partial charge in [-0.2, -0.15) is 0 Å². The molecule has 2 fully saturated rings. The summed E-state index contributed by atoms with van der Waals surface area (Å²) in [4.78, 5) is 5.29. The molecule has 1 aromatic rings. The van der Waals surface area contributed by atoms with Gasteiger partial charge in [-0.25, -0.2) is 0 Å². The van der Waals surface area contributed by atoms with Crippen LogP contribution in [-0.4, -0.2) is 61.7 Å². The molecule has 0 amide bonds. The Morgan fingerprint density at radius 1 is 1.29 bits per heavy atom. The maximum atomic E-state index is 6.10. The third-order valence-corrected chi connectivity index (χ3v) is 5.10. The minimum Gasteiger partial charge on any atom is -0.314 e. The van der Waals surface area contributed by atoms with Crippen LogP contribution < -0.4 is 5.32 Å². The number of piperazine rings is 1. The SMILES string of the molecule is CC(CN1CCC(N2CCNCC2)C1)c1cccc(Cl)c1. The Hall–Kier alpha value is -0.610. The van der Waals surface area contributed by atoms with Crippen LogP contribution in [-0.2, 0) is 0 Å². The summed E-state index contributed by atoms with van der Waals surface area (Å²) in [6, 6.07) is 9.07. The average molecular weight is 308 g/mol. The van der Waals surface area contributed by atoms with Crippen LogP contribution in [0.4, 0.5) is 0 Å². The Kier molecular flexibility index (Phi) is 5.17. The maximum Gasteiger partial charge on any atom is 0.0408 e. The quantitative estimate of drug-likeness (QED) is 0.921. The predicted octanol–water partition coefficient (Wildman–Crippen LogP) is 2.42. The van der Waals surface area contributed by atoms with Crippen molar-refractivity contribution in [1.82, 2.24) is 15.1 Å². The monoisotopic (exact) mass is 307 g/mol. The van der Waals surface area contributed by atoms with Crippen molar-refractivity contribution in [3.05, 3.63) is 34.9 Å². The van der Waals surface area contributed by atoms with E-state index in [1.807, 2.05) is 6.07 Å². The molecule has 0 aromatic heterocycles. The molecule has 0 bridgehead atoms. The topological polar surface area (TPSA) is 18.5 Å². The standard InChI is InChI=1S/C17H26ClN3/c1-14(15-3-2-4-16(18)11-15)12-20-8-5-17(13-20)21-9-6-19-7-10-21/h2-4,11,14,17,19H,5-10,12-13H2,1H3. The Balaban J connectivity index is 1.52. The highest BCUT2D eigenvalue weighted by Crippen LogP contribution is 2.23. The summed E-state index contributed by atoms with van der Waals surface area (Å²) < 4.78 is 0. The molecule has 2 aliphatic rings. The van der Waals surface area contributed by atoms with Gasteiger partial charge < -0.3 is 10.2 Å². The molecule has 116 valence electrons. The number of nitrogens with zero attached hydrogens (tertiary/aromatic N) is 2. The summed E-state index contributed by atoms with van der Waals surface area (Å²) in [6.07, 6.45) is 1.32. The maximum absolute atomic E-state index is 6.10. The second-order valence-electron chi connectivity index (χ2n) is 6.44. The van der Waals surface area contributed by atoms with Gasteiger partial charge in [-0.05, 0) is 36.6 Å². The molecule has 2 aliphatic heterocycles. The van der Waals surface area contributed by atoms with Crippen LogP contribution >= 0.6 is 11.6 Å². The van der Waals surface area contributed by atoms with E-state index >= 15 is 0 Å². The number of rotatable bonds is 4. The van der Waals surface area contributed by atoms with Gasteiger partial charge in [-0.3, -0.25) is 4.90 Å². The Bertz CT molecular complexity index is 459. The molecule has 2 unspecified atom stereocenters. The van der Waals surface area contributed by atoms with Crippen LogP contribution in [0.15, 0.2) is 24.3 Å². The van der Waals surface area contributed by atoms with Crippen LogP contribution in [0.2, 0.25) is 5.02 Å². The third kappa shape index (κ3) is 3.98. The second-order valence-corrected chi connectivity index (χ2v) is 6.88. The number of hydrogen-bond donors (Lipinski definition) is 1. The predicted molar refractivity (Wildman–Crippen MR) is 89.2 cm³/mol. The smallest absolute Gasteiger partial charge is 0.0408 e. The highest BCUT2D eigenvalue weighted by Gasteiger charge is 2.29. The van der Waals surface area contributed by atoms with Gasteiger partial charge >= 0.3 is 0 Å². The minimum absolute atomic E-state index is 0.547. The molecular weight excluding hydrogens is 282 g/mol. The van der Waals surface area contributed by atoms with Crippen LogP contribution in [0.1, 0.15) is 24.8 Å². The van der Waals surface area contributed by atoms with Crippen molar-refractivity contribution in [3.8, 4) is 0 Å². The Morgan fingerprint density at radius 3 is 2.86 bits per heavy atom. The van der Waals surface area contributed by atoms with E-state index in [0.29, 0.717) is 5.92 Å². The molecule has 21 heavy (non-hydrogen) atoms. The summed E-state index contributed by atoms with van der Waals surface area (Å²) >= 11 is 6.10. The third-order valence-electron chi connectivity index (χ3n) is 4.87. The lowest BCUT2D eigenvalue weighted by Crippen LogP contribution is -2.49. The fraction of sp³-hybridized carbons (Fsp3) is 0.647. The molecule has 3 rings (SSSR count). The van der Waals surface area contributed by atoms with Gasteiger partial charge in [-0.1, -0.05) is 30.7 Å². The van der Waals surface area contributed by atoms with E-state index in [1.165, 1.54) is 38.2 Å². The molecule has 2 atom stereocenters. The molecule has 0 radical (unpaired) electrons. The lowest BCUT2D eigenvalue weighted by atomic mass is 10.0. The molecule has 0 saturated carbocycles. The van der Waals surface area contributed by atoms with Crippen molar-refractivity contribution >= 4 is 11.6 Å². The van der Waals surface area contributed by atoms with Crippen molar-refractivity contribution in [2.75, 3.05) is 45.8 Å². The van der Waals surface area contributed by atoms with Crippen LogP contribution in [0.5, 0.6) is 0 Å². The molecule has 4 heteroatoms. The fourth-order valence-electron chi connectivity index (χ4n) is 3.63. The zero-order valence-corrected chi connectivity index (χ0v) is 13.6. The second kappa shape index (κ2) is 7.10. The summed E-state index contributed by atoms with van der Waals surface area (Å²) in [5.41, 5.74) is 1.35. The van der Waals surface area contributed by atoms with Crippen LogP contribution in [0, 0.1) is 0 Å². The minimum atomic E-state index is 0.547.